The van der Waals surface area contributed by atoms with E-state index >= 15 is 0 Å². The lowest BCUT2D eigenvalue weighted by atomic mass is 9.92. The first-order valence-electron chi connectivity index (χ1n) is 13.0. The van der Waals surface area contributed by atoms with E-state index < -0.39 is 0 Å². The van der Waals surface area contributed by atoms with Gasteiger partial charge in [0.15, 0.2) is 5.65 Å². The number of thiophene rings is 1. The summed E-state index contributed by atoms with van der Waals surface area (Å²) in [6, 6.07) is 4.35. The molecule has 188 valence electrons. The first-order chi connectivity index (χ1) is 16.9. The van der Waals surface area contributed by atoms with Crippen molar-refractivity contribution in [1.29, 1.82) is 0 Å². The molecule has 2 saturated heterocycles. The Morgan fingerprint density at radius 3 is 2.54 bits per heavy atom. The number of amides is 1. The molecule has 35 heavy (non-hydrogen) atoms. The number of carbonyl (C=O) groups is 1. The molecule has 3 aromatic rings. The maximum absolute atomic E-state index is 13.8. The molecule has 0 saturated carbocycles. The predicted octanol–water partition coefficient (Wildman–Crippen LogP) is 4.93. The number of carbonyl (C=O) groups excluding carboxylic acids is 1. The van der Waals surface area contributed by atoms with Gasteiger partial charge in [0, 0.05) is 47.5 Å². The first kappa shape index (κ1) is 24.4. The van der Waals surface area contributed by atoms with E-state index in [4.69, 9.17) is 9.72 Å². The fourth-order valence-electron chi connectivity index (χ4n) is 5.38. The number of aryl methyl sites for hydroxylation is 2. The Morgan fingerprint density at radius 2 is 1.89 bits per heavy atom. The van der Waals surface area contributed by atoms with Crippen molar-refractivity contribution in [3.05, 3.63) is 33.6 Å². The van der Waals surface area contributed by atoms with E-state index in [9.17, 15) is 4.79 Å². The molecular formula is C27H37N5O2S. The highest BCUT2D eigenvalue weighted by Crippen LogP contribution is 2.33. The third-order valence-electron chi connectivity index (χ3n) is 7.46. The van der Waals surface area contributed by atoms with Gasteiger partial charge in [-0.05, 0) is 71.6 Å². The Labute approximate surface area is 212 Å². The van der Waals surface area contributed by atoms with Crippen LogP contribution in [0.15, 0.2) is 18.3 Å². The number of hydrogen-bond acceptors (Lipinski definition) is 6. The maximum Gasteiger partial charge on any atom is 0.254 e. The van der Waals surface area contributed by atoms with Crippen LogP contribution in [-0.4, -0.2) is 76.4 Å². The second kappa shape index (κ2) is 10.4. The molecule has 5 heterocycles. The summed E-state index contributed by atoms with van der Waals surface area (Å²) in [5, 5.41) is 5.45. The van der Waals surface area contributed by atoms with Crippen molar-refractivity contribution in [1.82, 2.24) is 24.6 Å². The fraction of sp³-hybridized carbons (Fsp3) is 0.593. The molecule has 0 N–H and O–H groups in total. The number of nitrogens with zero attached hydrogens (tertiary/aromatic N) is 5. The molecular weight excluding hydrogens is 458 g/mol. The first-order valence-corrected chi connectivity index (χ1v) is 13.8. The minimum absolute atomic E-state index is 0.109. The molecule has 0 aromatic carbocycles. The third-order valence-corrected chi connectivity index (χ3v) is 8.43. The van der Waals surface area contributed by atoms with Gasteiger partial charge >= 0.3 is 0 Å². The predicted molar refractivity (Wildman–Crippen MR) is 141 cm³/mol. The van der Waals surface area contributed by atoms with Crippen LogP contribution in [0.5, 0.6) is 0 Å². The molecule has 2 fully saturated rings. The van der Waals surface area contributed by atoms with Crippen LogP contribution in [0.3, 0.4) is 0 Å². The summed E-state index contributed by atoms with van der Waals surface area (Å²) in [5.41, 5.74) is 3.50. The second-order valence-corrected chi connectivity index (χ2v) is 11.7. The number of piperidine rings is 1. The summed E-state index contributed by atoms with van der Waals surface area (Å²) >= 11 is 1.77. The number of hydrogen-bond donors (Lipinski definition) is 0. The smallest absolute Gasteiger partial charge is 0.254 e. The van der Waals surface area contributed by atoms with Gasteiger partial charge in [-0.25, -0.2) is 9.67 Å². The average Bonchev–Trinajstić information content (AvgIpc) is 3.45. The largest absolute Gasteiger partial charge is 0.379 e. The number of ether oxygens (including phenoxy) is 1. The minimum Gasteiger partial charge on any atom is -0.379 e. The second-order valence-electron chi connectivity index (χ2n) is 10.3. The fourth-order valence-corrected chi connectivity index (χ4v) is 6.31. The molecule has 0 aliphatic carbocycles. The molecule has 1 amide bonds. The van der Waals surface area contributed by atoms with Gasteiger partial charge in [0.1, 0.15) is 0 Å². The van der Waals surface area contributed by atoms with Crippen LogP contribution in [0.2, 0.25) is 0 Å². The van der Waals surface area contributed by atoms with E-state index in [1.807, 2.05) is 21.8 Å². The zero-order valence-corrected chi connectivity index (χ0v) is 22.2. The van der Waals surface area contributed by atoms with Crippen LogP contribution < -0.4 is 0 Å². The Balaban J connectivity index is 1.36. The zero-order valence-electron chi connectivity index (χ0n) is 21.4. The molecule has 0 bridgehead atoms. The number of pyridine rings is 1. The van der Waals surface area contributed by atoms with Gasteiger partial charge in [0.05, 0.1) is 36.1 Å². The summed E-state index contributed by atoms with van der Waals surface area (Å²) in [6.07, 6.45) is 5.18. The highest BCUT2D eigenvalue weighted by Gasteiger charge is 2.27. The standard InChI is InChI=1S/C27H37N5O2S/c1-18(2)32-26-24(17-28-32)23(16-25(29-26)22-15-19(3)35-20(22)4)27(33)31-9-6-21(7-10-31)5-8-30-11-13-34-14-12-30/h15-18,21H,5-14H2,1-4H3. The lowest BCUT2D eigenvalue weighted by Crippen LogP contribution is -2.41. The summed E-state index contributed by atoms with van der Waals surface area (Å²) < 4.78 is 7.40. The van der Waals surface area contributed by atoms with Gasteiger partial charge in [-0.2, -0.15) is 5.10 Å². The van der Waals surface area contributed by atoms with Crippen molar-refractivity contribution in [3.63, 3.8) is 0 Å². The molecule has 2 aliphatic heterocycles. The average molecular weight is 496 g/mol. The van der Waals surface area contributed by atoms with Crippen LogP contribution in [0.4, 0.5) is 0 Å². The summed E-state index contributed by atoms with van der Waals surface area (Å²) in [4.78, 5) is 25.8. The summed E-state index contributed by atoms with van der Waals surface area (Å²) in [5.74, 6) is 0.799. The quantitative estimate of drug-likeness (QED) is 0.485. The molecule has 3 aromatic heterocycles. The highest BCUT2D eigenvalue weighted by atomic mass is 32.1. The summed E-state index contributed by atoms with van der Waals surface area (Å²) in [6.45, 7) is 15.0. The number of morpholine rings is 1. The van der Waals surface area contributed by atoms with Crippen molar-refractivity contribution in [2.24, 2.45) is 5.92 Å². The van der Waals surface area contributed by atoms with Gasteiger partial charge in [0.25, 0.3) is 5.91 Å². The zero-order chi connectivity index (χ0) is 24.5. The van der Waals surface area contributed by atoms with Crippen molar-refractivity contribution in [2.45, 2.75) is 53.0 Å². The van der Waals surface area contributed by atoms with Crippen molar-refractivity contribution >= 4 is 28.3 Å². The molecule has 7 nitrogen and oxygen atoms in total. The number of likely N-dealkylation sites (tertiary alicyclic amines) is 1. The molecule has 0 spiro atoms. The van der Waals surface area contributed by atoms with Crippen LogP contribution in [0, 0.1) is 19.8 Å². The summed E-state index contributed by atoms with van der Waals surface area (Å²) in [7, 11) is 0. The number of rotatable bonds is 6. The van der Waals surface area contributed by atoms with Crippen molar-refractivity contribution in [3.8, 4) is 11.3 Å². The van der Waals surface area contributed by atoms with Gasteiger partial charge in [-0.1, -0.05) is 0 Å². The van der Waals surface area contributed by atoms with E-state index in [0.717, 1.165) is 86.6 Å². The maximum atomic E-state index is 13.8. The normalized spacial score (nSPS) is 18.1. The van der Waals surface area contributed by atoms with E-state index in [1.165, 1.54) is 16.2 Å². The monoisotopic (exact) mass is 495 g/mol. The lowest BCUT2D eigenvalue weighted by Gasteiger charge is -2.34. The SMILES string of the molecule is Cc1cc(-c2cc(C(=O)N3CCC(CCN4CCOCC4)CC3)c3cnn(C(C)C)c3n2)c(C)s1. The van der Waals surface area contributed by atoms with Crippen LogP contribution in [0.25, 0.3) is 22.3 Å². The van der Waals surface area contributed by atoms with Gasteiger partial charge < -0.3 is 9.64 Å². The highest BCUT2D eigenvalue weighted by molar-refractivity contribution is 7.12. The Morgan fingerprint density at radius 1 is 1.14 bits per heavy atom. The van der Waals surface area contributed by atoms with Crippen LogP contribution in [0.1, 0.15) is 59.3 Å². The van der Waals surface area contributed by atoms with E-state index in [0.29, 0.717) is 5.92 Å². The van der Waals surface area contributed by atoms with Crippen LogP contribution in [-0.2, 0) is 4.74 Å². The Hall–Kier alpha value is -2.29. The molecule has 0 unspecified atom stereocenters. The topological polar surface area (TPSA) is 63.5 Å². The van der Waals surface area contributed by atoms with Crippen LogP contribution >= 0.6 is 11.3 Å². The van der Waals surface area contributed by atoms with Crippen molar-refractivity contribution in [2.75, 3.05) is 45.9 Å². The molecule has 5 rings (SSSR count). The molecule has 0 atom stereocenters. The third kappa shape index (κ3) is 5.15. The number of aromatic nitrogens is 3. The van der Waals surface area contributed by atoms with E-state index in [2.05, 4.69) is 43.8 Å². The Bertz CT molecular complexity index is 1190. The molecule has 0 radical (unpaired) electrons. The Kier molecular flexibility index (Phi) is 7.23. The van der Waals surface area contributed by atoms with Gasteiger partial charge in [-0.3, -0.25) is 9.69 Å². The van der Waals surface area contributed by atoms with E-state index in [-0.39, 0.29) is 11.9 Å². The minimum atomic E-state index is 0.109. The lowest BCUT2D eigenvalue weighted by molar-refractivity contribution is 0.0332. The molecule has 2 aliphatic rings. The van der Waals surface area contributed by atoms with E-state index in [1.54, 1.807) is 11.3 Å². The van der Waals surface area contributed by atoms with Gasteiger partial charge in [0.2, 0.25) is 0 Å². The van der Waals surface area contributed by atoms with Crippen molar-refractivity contribution < 1.29 is 9.53 Å². The number of fused-ring (bicyclic) bond motifs is 1. The van der Waals surface area contributed by atoms with Gasteiger partial charge in [-0.15, -0.1) is 11.3 Å². The molecule has 8 heteroatoms.